The van der Waals surface area contributed by atoms with Crippen LogP contribution < -0.4 is 11.5 Å². The van der Waals surface area contributed by atoms with Gasteiger partial charge in [0.2, 0.25) is 0 Å². The third kappa shape index (κ3) is 3.70. The molecule has 0 spiro atoms. The summed E-state index contributed by atoms with van der Waals surface area (Å²) in [4.78, 5) is 38.7. The van der Waals surface area contributed by atoms with E-state index in [4.69, 9.17) is 16.7 Å². The maximum absolute atomic E-state index is 11.4. The molecule has 0 unspecified atom stereocenters. The lowest BCUT2D eigenvalue weighted by atomic mass is 9.92. The maximum atomic E-state index is 11.4. The maximum Gasteiger partial charge on any atom is 0.307 e. The van der Waals surface area contributed by atoms with Crippen LogP contribution in [0.5, 0.6) is 0 Å². The summed E-state index contributed by atoms with van der Waals surface area (Å²) in [5, 5.41) is 18.0. The molecule has 108 valence electrons. The van der Waals surface area contributed by atoms with E-state index in [1.807, 2.05) is 0 Å². The van der Waals surface area contributed by atoms with Crippen LogP contribution in [0.15, 0.2) is 23.9 Å². The highest BCUT2D eigenvalue weighted by atomic mass is 17.0. The largest absolute Gasteiger partial charge is 0.383 e. The lowest BCUT2D eigenvalue weighted by Gasteiger charge is -2.23. The van der Waals surface area contributed by atoms with Gasteiger partial charge in [0.1, 0.15) is 0 Å². The molecule has 0 atom stereocenters. The highest BCUT2D eigenvalue weighted by Crippen LogP contribution is 2.21. The van der Waals surface area contributed by atoms with Crippen LogP contribution in [-0.2, 0) is 14.4 Å². The quantitative estimate of drug-likeness (QED) is 0.187. The topological polar surface area (TPSA) is 166 Å². The van der Waals surface area contributed by atoms with Gasteiger partial charge in [-0.15, -0.1) is 10.1 Å². The molecule has 0 heterocycles. The molecule has 2 amide bonds. The second-order valence-electron chi connectivity index (χ2n) is 3.72. The van der Waals surface area contributed by atoms with Gasteiger partial charge in [-0.2, -0.15) is 5.26 Å². The standard InChI is InChI=1S/C10H13N5O5/c1-14(2)5-3-4-7(6-11)10(8(12)16,9(13)17)20-15(18)19/h3-5H,1-2H3,(H2,12,16)(H2,13,17)/b5-3+,7-4+. The van der Waals surface area contributed by atoms with Crippen molar-refractivity contribution < 1.29 is 19.5 Å². The first-order chi connectivity index (χ1) is 9.18. The Labute approximate surface area is 114 Å². The third-order valence-corrected chi connectivity index (χ3v) is 2.05. The van der Waals surface area contributed by atoms with Crippen LogP contribution in [0.4, 0.5) is 0 Å². The van der Waals surface area contributed by atoms with E-state index >= 15 is 0 Å². The fourth-order valence-electron chi connectivity index (χ4n) is 1.18. The van der Waals surface area contributed by atoms with Gasteiger partial charge in [-0.25, -0.2) is 0 Å². The van der Waals surface area contributed by atoms with E-state index in [9.17, 15) is 19.7 Å². The van der Waals surface area contributed by atoms with E-state index in [0.29, 0.717) is 0 Å². The number of nitrogens with two attached hydrogens (primary N) is 2. The normalized spacial score (nSPS) is 11.8. The van der Waals surface area contributed by atoms with Crippen LogP contribution in [0.1, 0.15) is 0 Å². The van der Waals surface area contributed by atoms with Crippen molar-refractivity contribution in [2.45, 2.75) is 5.60 Å². The van der Waals surface area contributed by atoms with Crippen LogP contribution in [0.25, 0.3) is 0 Å². The minimum Gasteiger partial charge on any atom is -0.383 e. The molecule has 4 N–H and O–H groups in total. The molecule has 0 saturated carbocycles. The SMILES string of the molecule is CN(C)/C=C/C=C(\C#N)C(O[N+](=O)[O-])(C(N)=O)C(N)=O. The molecule has 0 bridgehead atoms. The molecule has 0 aromatic carbocycles. The van der Waals surface area contributed by atoms with Gasteiger partial charge >= 0.3 is 5.60 Å². The second kappa shape index (κ2) is 6.74. The van der Waals surface area contributed by atoms with Gasteiger partial charge in [-0.3, -0.25) is 14.4 Å². The highest BCUT2D eigenvalue weighted by molar-refractivity contribution is 6.11. The van der Waals surface area contributed by atoms with E-state index in [2.05, 4.69) is 4.84 Å². The van der Waals surface area contributed by atoms with Gasteiger partial charge in [0.05, 0.1) is 11.6 Å². The first-order valence-corrected chi connectivity index (χ1v) is 5.07. The Hall–Kier alpha value is -3.09. The lowest BCUT2D eigenvalue weighted by molar-refractivity contribution is -0.768. The predicted octanol–water partition coefficient (Wildman–Crippen LogP) is -1.57. The van der Waals surface area contributed by atoms with E-state index < -0.39 is 28.1 Å². The van der Waals surface area contributed by atoms with Crippen molar-refractivity contribution in [3.05, 3.63) is 34.0 Å². The molecule has 0 aliphatic carbocycles. The summed E-state index contributed by atoms with van der Waals surface area (Å²) in [7, 11) is 3.33. The summed E-state index contributed by atoms with van der Waals surface area (Å²) in [6.07, 6.45) is 3.69. The Balaban J connectivity index is 5.94. The summed E-state index contributed by atoms with van der Waals surface area (Å²) in [5.74, 6) is -3.12. The molecule has 10 heteroatoms. The number of rotatable bonds is 7. The molecular weight excluding hydrogens is 270 g/mol. The molecule has 0 rings (SSSR count). The van der Waals surface area contributed by atoms with Crippen LogP contribution in [0.3, 0.4) is 0 Å². The molecule has 0 aromatic heterocycles. The Morgan fingerprint density at radius 1 is 1.40 bits per heavy atom. The number of hydrogen-bond acceptors (Lipinski definition) is 7. The van der Waals surface area contributed by atoms with E-state index in [1.165, 1.54) is 18.3 Å². The number of nitrogens with zero attached hydrogens (tertiary/aromatic N) is 3. The number of nitriles is 1. The van der Waals surface area contributed by atoms with Crippen molar-refractivity contribution in [1.29, 1.82) is 5.26 Å². The molecular formula is C10H13N5O5. The van der Waals surface area contributed by atoms with Gasteiger partial charge in [0, 0.05) is 14.1 Å². The van der Waals surface area contributed by atoms with Crippen LogP contribution in [0.2, 0.25) is 0 Å². The molecule has 0 radical (unpaired) electrons. The minimum absolute atomic E-state index is 0.702. The van der Waals surface area contributed by atoms with Crippen molar-refractivity contribution in [2.75, 3.05) is 14.1 Å². The number of hydrogen-bond donors (Lipinski definition) is 2. The smallest absolute Gasteiger partial charge is 0.307 e. The number of amides is 2. The number of carbonyl (C=O) groups excluding carboxylic acids is 2. The Morgan fingerprint density at radius 3 is 2.20 bits per heavy atom. The van der Waals surface area contributed by atoms with E-state index in [-0.39, 0.29) is 0 Å². The molecule has 0 aliphatic heterocycles. The first kappa shape index (κ1) is 16.9. The summed E-state index contributed by atoms with van der Waals surface area (Å²) in [5.41, 5.74) is 6.20. The summed E-state index contributed by atoms with van der Waals surface area (Å²) in [6, 6.07) is 1.44. The van der Waals surface area contributed by atoms with Crippen molar-refractivity contribution in [3.63, 3.8) is 0 Å². The monoisotopic (exact) mass is 283 g/mol. The number of carbonyl (C=O) groups is 2. The van der Waals surface area contributed by atoms with Crippen molar-refractivity contribution in [2.24, 2.45) is 11.5 Å². The lowest BCUT2D eigenvalue weighted by Crippen LogP contribution is -2.58. The Morgan fingerprint density at radius 2 is 1.90 bits per heavy atom. The summed E-state index contributed by atoms with van der Waals surface area (Å²) < 4.78 is 0. The van der Waals surface area contributed by atoms with Crippen molar-refractivity contribution in [1.82, 2.24) is 4.90 Å². The average molecular weight is 283 g/mol. The molecule has 10 nitrogen and oxygen atoms in total. The van der Waals surface area contributed by atoms with Crippen LogP contribution in [0, 0.1) is 21.4 Å². The van der Waals surface area contributed by atoms with E-state index in [1.54, 1.807) is 19.0 Å². The van der Waals surface area contributed by atoms with Crippen LogP contribution in [-0.4, -0.2) is 41.5 Å². The molecule has 20 heavy (non-hydrogen) atoms. The van der Waals surface area contributed by atoms with Gasteiger partial charge in [0.25, 0.3) is 16.9 Å². The molecule has 0 saturated heterocycles. The molecule has 0 fully saturated rings. The average Bonchev–Trinajstić information content (AvgIpc) is 2.30. The fraction of sp³-hybridized carbons (Fsp3) is 0.300. The Bertz CT molecular complexity index is 503. The second-order valence-corrected chi connectivity index (χ2v) is 3.72. The van der Waals surface area contributed by atoms with Gasteiger partial charge in [-0.1, -0.05) is 0 Å². The predicted molar refractivity (Wildman–Crippen MR) is 65.7 cm³/mol. The summed E-state index contributed by atoms with van der Waals surface area (Å²) in [6.45, 7) is 0. The fourth-order valence-corrected chi connectivity index (χ4v) is 1.18. The summed E-state index contributed by atoms with van der Waals surface area (Å²) >= 11 is 0. The molecule has 0 aliphatic rings. The van der Waals surface area contributed by atoms with Gasteiger partial charge < -0.3 is 16.4 Å². The zero-order valence-electron chi connectivity index (χ0n) is 10.8. The minimum atomic E-state index is -2.96. The first-order valence-electron chi connectivity index (χ1n) is 5.07. The zero-order valence-corrected chi connectivity index (χ0v) is 10.8. The third-order valence-electron chi connectivity index (χ3n) is 2.05. The Kier molecular flexibility index (Phi) is 5.70. The van der Waals surface area contributed by atoms with Crippen LogP contribution >= 0.6 is 0 Å². The van der Waals surface area contributed by atoms with E-state index in [0.717, 1.165) is 6.08 Å². The van der Waals surface area contributed by atoms with Crippen molar-refractivity contribution in [3.8, 4) is 6.07 Å². The van der Waals surface area contributed by atoms with Gasteiger partial charge in [0.15, 0.2) is 0 Å². The zero-order chi connectivity index (χ0) is 15.9. The number of primary amides is 2. The van der Waals surface area contributed by atoms with Crippen molar-refractivity contribution >= 4 is 11.8 Å². The number of allylic oxidation sites excluding steroid dienone is 2. The van der Waals surface area contributed by atoms with Gasteiger partial charge in [-0.05, 0) is 18.4 Å². The molecule has 0 aromatic rings. The highest BCUT2D eigenvalue weighted by Gasteiger charge is 2.51.